The fraction of sp³-hybridized carbons (Fsp3) is 0.200. The van der Waals surface area contributed by atoms with Crippen LogP contribution in [0.4, 0.5) is 0 Å². The van der Waals surface area contributed by atoms with Gasteiger partial charge in [-0.1, -0.05) is 0 Å². The zero-order valence-electron chi connectivity index (χ0n) is 8.91. The number of aromatic nitrogens is 4. The molecule has 0 aliphatic rings. The van der Waals surface area contributed by atoms with Gasteiger partial charge in [0.15, 0.2) is 0 Å². The Kier molecular flexibility index (Phi) is 2.63. The lowest BCUT2D eigenvalue weighted by Crippen LogP contribution is -2.06. The van der Waals surface area contributed by atoms with E-state index in [9.17, 15) is 4.79 Å². The molecule has 0 bridgehead atoms. The molecule has 2 heterocycles. The Morgan fingerprint density at radius 2 is 2.06 bits per heavy atom. The fourth-order valence-electron chi connectivity index (χ4n) is 1.32. The van der Waals surface area contributed by atoms with E-state index in [0.717, 1.165) is 0 Å². The van der Waals surface area contributed by atoms with Gasteiger partial charge in [0.25, 0.3) is 5.95 Å². The van der Waals surface area contributed by atoms with Crippen LogP contribution in [0.3, 0.4) is 0 Å². The first-order chi connectivity index (χ1) is 7.74. The molecule has 2 aromatic heterocycles. The molecule has 2 rings (SSSR count). The number of hydrogen-bond acceptors (Lipinski definition) is 5. The van der Waals surface area contributed by atoms with Crippen molar-refractivity contribution in [1.29, 1.82) is 0 Å². The van der Waals surface area contributed by atoms with E-state index < -0.39 is 5.97 Å². The van der Waals surface area contributed by atoms with E-state index in [1.165, 1.54) is 18.0 Å². The smallest absolute Gasteiger partial charge is 0.341 e. The van der Waals surface area contributed by atoms with Gasteiger partial charge in [-0.2, -0.15) is 5.10 Å². The Morgan fingerprint density at radius 1 is 1.38 bits per heavy atom. The summed E-state index contributed by atoms with van der Waals surface area (Å²) >= 11 is 0. The average Bonchev–Trinajstić information content (AvgIpc) is 2.71. The van der Waals surface area contributed by atoms with Crippen LogP contribution in [0.5, 0.6) is 0 Å². The Hall–Kier alpha value is -2.24. The maximum atomic E-state index is 11.4. The summed E-state index contributed by atoms with van der Waals surface area (Å²) < 4.78 is 6.13. The van der Waals surface area contributed by atoms with E-state index in [2.05, 4.69) is 19.8 Å². The molecule has 2 aromatic rings. The summed E-state index contributed by atoms with van der Waals surface area (Å²) in [5, 5.41) is 4.05. The van der Waals surface area contributed by atoms with Gasteiger partial charge < -0.3 is 4.74 Å². The van der Waals surface area contributed by atoms with Gasteiger partial charge in [0, 0.05) is 12.4 Å². The molecule has 0 unspecified atom stereocenters. The molecular formula is C10H10N4O2. The molecule has 82 valence electrons. The third kappa shape index (κ3) is 1.65. The molecule has 0 atom stereocenters. The summed E-state index contributed by atoms with van der Waals surface area (Å²) in [5.74, 6) is 0.00911. The van der Waals surface area contributed by atoms with Crippen LogP contribution in [-0.4, -0.2) is 32.8 Å². The van der Waals surface area contributed by atoms with Crippen molar-refractivity contribution in [1.82, 2.24) is 19.7 Å². The van der Waals surface area contributed by atoms with Gasteiger partial charge in [0.1, 0.15) is 5.56 Å². The zero-order valence-corrected chi connectivity index (χ0v) is 8.91. The first kappa shape index (κ1) is 10.3. The number of ether oxygens (including phenoxy) is 1. The number of carbonyl (C=O) groups is 1. The molecule has 0 fully saturated rings. The normalized spacial score (nSPS) is 10.1. The molecule has 0 aliphatic heterocycles. The van der Waals surface area contributed by atoms with E-state index in [4.69, 9.17) is 0 Å². The highest BCUT2D eigenvalue weighted by Crippen LogP contribution is 2.11. The number of rotatable bonds is 2. The number of nitrogens with zero attached hydrogens (tertiary/aromatic N) is 4. The highest BCUT2D eigenvalue weighted by Gasteiger charge is 2.16. The maximum Gasteiger partial charge on any atom is 0.341 e. The van der Waals surface area contributed by atoms with Crippen LogP contribution >= 0.6 is 0 Å². The van der Waals surface area contributed by atoms with Crippen molar-refractivity contribution in [2.24, 2.45) is 0 Å². The minimum absolute atomic E-state index is 0.412. The molecule has 0 amide bonds. The Balaban J connectivity index is 2.45. The van der Waals surface area contributed by atoms with E-state index in [-0.39, 0.29) is 0 Å². The summed E-state index contributed by atoms with van der Waals surface area (Å²) in [6.07, 6.45) is 4.67. The second-order valence-electron chi connectivity index (χ2n) is 3.10. The predicted molar refractivity (Wildman–Crippen MR) is 55.2 cm³/mol. The molecule has 6 nitrogen and oxygen atoms in total. The highest BCUT2D eigenvalue weighted by atomic mass is 16.5. The predicted octanol–water partition coefficient (Wildman–Crippen LogP) is 0.757. The van der Waals surface area contributed by atoms with Crippen LogP contribution in [0.1, 0.15) is 16.1 Å². The summed E-state index contributed by atoms with van der Waals surface area (Å²) in [6, 6.07) is 1.71. The van der Waals surface area contributed by atoms with Crippen molar-refractivity contribution in [2.45, 2.75) is 6.92 Å². The number of esters is 1. The number of hydrogen-bond donors (Lipinski definition) is 0. The van der Waals surface area contributed by atoms with E-state index in [1.807, 2.05) is 0 Å². The van der Waals surface area contributed by atoms with Gasteiger partial charge in [0.05, 0.1) is 19.0 Å². The molecule has 0 aliphatic carbocycles. The molecule has 0 aromatic carbocycles. The van der Waals surface area contributed by atoms with Gasteiger partial charge in [-0.15, -0.1) is 0 Å². The molecular weight excluding hydrogens is 208 g/mol. The Morgan fingerprint density at radius 3 is 2.69 bits per heavy atom. The van der Waals surface area contributed by atoms with Crippen LogP contribution in [0.2, 0.25) is 0 Å². The van der Waals surface area contributed by atoms with Crippen molar-refractivity contribution in [3.8, 4) is 5.95 Å². The second kappa shape index (κ2) is 4.09. The first-order valence-electron chi connectivity index (χ1n) is 4.64. The highest BCUT2D eigenvalue weighted by molar-refractivity contribution is 5.90. The topological polar surface area (TPSA) is 69.9 Å². The van der Waals surface area contributed by atoms with Gasteiger partial charge in [-0.3, -0.25) is 0 Å². The first-order valence-corrected chi connectivity index (χ1v) is 4.64. The molecule has 0 N–H and O–H groups in total. The molecule has 16 heavy (non-hydrogen) atoms. The minimum Gasteiger partial charge on any atom is -0.465 e. The van der Waals surface area contributed by atoms with Crippen molar-refractivity contribution in [2.75, 3.05) is 7.11 Å². The molecule has 6 heteroatoms. The van der Waals surface area contributed by atoms with Crippen molar-refractivity contribution >= 4 is 5.97 Å². The van der Waals surface area contributed by atoms with Crippen molar-refractivity contribution in [3.05, 3.63) is 35.9 Å². The fourth-order valence-corrected chi connectivity index (χ4v) is 1.32. The van der Waals surface area contributed by atoms with Crippen molar-refractivity contribution in [3.63, 3.8) is 0 Å². The van der Waals surface area contributed by atoms with Gasteiger partial charge in [0.2, 0.25) is 0 Å². The third-order valence-electron chi connectivity index (χ3n) is 2.16. The molecule has 0 saturated carbocycles. The van der Waals surface area contributed by atoms with Crippen LogP contribution in [-0.2, 0) is 4.74 Å². The number of carbonyl (C=O) groups excluding carboxylic acids is 1. The van der Waals surface area contributed by atoms with Gasteiger partial charge >= 0.3 is 5.97 Å². The van der Waals surface area contributed by atoms with Crippen LogP contribution in [0.25, 0.3) is 5.95 Å². The third-order valence-corrected chi connectivity index (χ3v) is 2.16. The van der Waals surface area contributed by atoms with Gasteiger partial charge in [-0.25, -0.2) is 19.4 Å². The lowest BCUT2D eigenvalue weighted by atomic mass is 10.3. The molecule has 0 spiro atoms. The molecule has 0 saturated heterocycles. The minimum atomic E-state index is -0.417. The van der Waals surface area contributed by atoms with Crippen molar-refractivity contribution < 1.29 is 9.53 Å². The Labute approximate surface area is 91.9 Å². The standard InChI is InChI=1S/C10H10N4O2/c1-7-8(9(15)16-2)6-13-14(7)10-11-4-3-5-12-10/h3-6H,1-2H3. The summed E-state index contributed by atoms with van der Waals surface area (Å²) in [5.41, 5.74) is 1.06. The number of methoxy groups -OCH3 is 1. The summed E-state index contributed by atoms with van der Waals surface area (Å²) in [6.45, 7) is 1.76. The summed E-state index contributed by atoms with van der Waals surface area (Å²) in [7, 11) is 1.33. The molecule has 0 radical (unpaired) electrons. The van der Waals surface area contributed by atoms with E-state index in [1.54, 1.807) is 25.4 Å². The monoisotopic (exact) mass is 218 g/mol. The van der Waals surface area contributed by atoms with Gasteiger partial charge in [-0.05, 0) is 13.0 Å². The average molecular weight is 218 g/mol. The van der Waals surface area contributed by atoms with Crippen LogP contribution in [0, 0.1) is 6.92 Å². The van der Waals surface area contributed by atoms with E-state index >= 15 is 0 Å². The second-order valence-corrected chi connectivity index (χ2v) is 3.10. The zero-order chi connectivity index (χ0) is 11.5. The lowest BCUT2D eigenvalue weighted by Gasteiger charge is -2.01. The SMILES string of the molecule is COC(=O)c1cnn(-c2ncccn2)c1C. The lowest BCUT2D eigenvalue weighted by molar-refractivity contribution is 0.0600. The quantitative estimate of drug-likeness (QED) is 0.696. The maximum absolute atomic E-state index is 11.4. The largest absolute Gasteiger partial charge is 0.465 e. The van der Waals surface area contributed by atoms with Crippen LogP contribution < -0.4 is 0 Å². The Bertz CT molecular complexity index is 507. The van der Waals surface area contributed by atoms with E-state index in [0.29, 0.717) is 17.2 Å². The van der Waals surface area contributed by atoms with Crippen LogP contribution in [0.15, 0.2) is 24.7 Å². The summed E-state index contributed by atoms with van der Waals surface area (Å²) in [4.78, 5) is 19.5.